The second-order valence-corrected chi connectivity index (χ2v) is 7.55. The van der Waals surface area contributed by atoms with Gasteiger partial charge in [-0.3, -0.25) is 9.78 Å². The first-order valence-electron chi connectivity index (χ1n) is 8.60. The van der Waals surface area contributed by atoms with E-state index in [4.69, 9.17) is 27.6 Å². The van der Waals surface area contributed by atoms with Crippen LogP contribution in [-0.4, -0.2) is 25.0 Å². The van der Waals surface area contributed by atoms with Crippen LogP contribution in [0.15, 0.2) is 47.0 Å². The number of rotatable bonds is 4. The molecule has 0 atom stereocenters. The molecule has 0 spiro atoms. The van der Waals surface area contributed by atoms with Crippen molar-refractivity contribution in [1.29, 1.82) is 0 Å². The summed E-state index contributed by atoms with van der Waals surface area (Å²) in [4.78, 5) is 19.3. The fourth-order valence-corrected chi connectivity index (χ4v) is 3.52. The number of nitrogens with one attached hydrogen (secondary N) is 1. The van der Waals surface area contributed by atoms with Crippen LogP contribution in [0.4, 0.5) is 11.4 Å². The molecule has 3 aromatic heterocycles. The van der Waals surface area contributed by atoms with Crippen LogP contribution in [0.1, 0.15) is 16.1 Å². The topological polar surface area (TPSA) is 58.4 Å². The van der Waals surface area contributed by atoms with E-state index in [2.05, 4.69) is 10.3 Å². The van der Waals surface area contributed by atoms with E-state index in [0.29, 0.717) is 32.5 Å². The fraction of sp³-hybridized carbons (Fsp3) is 0.143. The van der Waals surface area contributed by atoms with Crippen LogP contribution in [0, 0.1) is 6.92 Å². The number of aromatic nitrogens is 1. The Morgan fingerprint density at radius 1 is 1.11 bits per heavy atom. The second kappa shape index (κ2) is 7.00. The van der Waals surface area contributed by atoms with E-state index in [9.17, 15) is 4.79 Å². The maximum Gasteiger partial charge on any atom is 0.260 e. The molecule has 3 heterocycles. The minimum absolute atomic E-state index is 0.276. The monoisotopic (exact) mass is 413 g/mol. The number of carbonyl (C=O) groups is 1. The molecule has 0 saturated carbocycles. The van der Waals surface area contributed by atoms with Crippen molar-refractivity contribution >= 4 is 51.6 Å². The minimum atomic E-state index is -0.276. The predicted molar refractivity (Wildman–Crippen MR) is 114 cm³/mol. The van der Waals surface area contributed by atoms with Crippen LogP contribution >= 0.6 is 23.2 Å². The first-order chi connectivity index (χ1) is 13.3. The molecule has 4 rings (SSSR count). The number of furan rings is 2. The molecule has 0 fully saturated rings. The highest BCUT2D eigenvalue weighted by atomic mass is 35.5. The molecule has 2 bridgehead atoms. The van der Waals surface area contributed by atoms with Gasteiger partial charge in [0, 0.05) is 43.3 Å². The lowest BCUT2D eigenvalue weighted by atomic mass is 9.98. The van der Waals surface area contributed by atoms with Crippen LogP contribution in [-0.2, 0) is 0 Å². The molecule has 5 nitrogen and oxygen atoms in total. The maximum absolute atomic E-state index is 13.1. The lowest BCUT2D eigenvalue weighted by Gasteiger charge is -2.14. The van der Waals surface area contributed by atoms with Gasteiger partial charge < -0.3 is 14.6 Å². The first-order valence-corrected chi connectivity index (χ1v) is 9.36. The highest BCUT2D eigenvalue weighted by molar-refractivity contribution is 6.42. The van der Waals surface area contributed by atoms with Crippen LogP contribution < -0.4 is 10.2 Å². The SMILES string of the molecule is Cc1cc(-c2c(C(=O)Nc3ccc(Cl)c(Cl)c3)c3cc(N(C)C)c2o3)ccn1. The highest BCUT2D eigenvalue weighted by Gasteiger charge is 2.28. The Bertz CT molecular complexity index is 1180. The number of fused-ring (bicyclic) bond motifs is 2. The number of hydrogen-bond acceptors (Lipinski definition) is 4. The van der Waals surface area contributed by atoms with Gasteiger partial charge in [0.05, 0.1) is 21.3 Å². The van der Waals surface area contributed by atoms with Crippen LogP contribution in [0.2, 0.25) is 10.0 Å². The third-order valence-electron chi connectivity index (χ3n) is 4.51. The molecule has 7 heteroatoms. The molecule has 1 N–H and O–H groups in total. The van der Waals surface area contributed by atoms with Crippen molar-refractivity contribution < 1.29 is 9.21 Å². The van der Waals surface area contributed by atoms with Crippen molar-refractivity contribution in [3.8, 4) is 11.1 Å². The van der Waals surface area contributed by atoms with Gasteiger partial charge in [0.1, 0.15) is 5.58 Å². The molecular weight excluding hydrogens is 397 g/mol. The number of carbonyl (C=O) groups excluding carboxylic acids is 1. The molecule has 4 aromatic rings. The Balaban J connectivity index is 1.82. The summed E-state index contributed by atoms with van der Waals surface area (Å²) in [6.45, 7) is 1.91. The van der Waals surface area contributed by atoms with E-state index in [1.165, 1.54) is 0 Å². The molecular formula is C21H17Cl2N3O2. The molecule has 0 aliphatic carbocycles. The van der Waals surface area contributed by atoms with Gasteiger partial charge in [0.25, 0.3) is 5.91 Å². The van der Waals surface area contributed by atoms with Gasteiger partial charge in [-0.25, -0.2) is 0 Å². The summed E-state index contributed by atoms with van der Waals surface area (Å²) in [5.41, 5.74) is 5.65. The van der Waals surface area contributed by atoms with Gasteiger partial charge in [0.2, 0.25) is 0 Å². The summed E-state index contributed by atoms with van der Waals surface area (Å²) in [7, 11) is 3.88. The fourth-order valence-electron chi connectivity index (χ4n) is 3.22. The number of aryl methyl sites for hydroxylation is 1. The molecule has 1 aromatic carbocycles. The Kier molecular flexibility index (Phi) is 4.65. The number of anilines is 2. The van der Waals surface area contributed by atoms with Crippen molar-refractivity contribution in [1.82, 2.24) is 4.98 Å². The standard InChI is InChI=1S/C21H17Cl2N3O2/c1-11-8-12(6-7-24-11)18-19(17-10-16(26(2)3)20(18)28-17)21(27)25-13-4-5-14(22)15(23)9-13/h4-10H,1-3H3,(H,25,27). The third kappa shape index (κ3) is 3.17. The van der Waals surface area contributed by atoms with Crippen LogP contribution in [0.25, 0.3) is 22.3 Å². The third-order valence-corrected chi connectivity index (χ3v) is 5.25. The van der Waals surface area contributed by atoms with Crippen molar-refractivity contribution in [3.63, 3.8) is 0 Å². The summed E-state index contributed by atoms with van der Waals surface area (Å²) >= 11 is 12.0. The first kappa shape index (κ1) is 18.6. The number of nitrogens with zero attached hydrogens (tertiary/aromatic N) is 2. The van der Waals surface area contributed by atoms with Gasteiger partial charge >= 0.3 is 0 Å². The van der Waals surface area contributed by atoms with Crippen molar-refractivity contribution in [2.75, 3.05) is 24.3 Å². The zero-order valence-corrected chi connectivity index (χ0v) is 17.0. The molecule has 0 aliphatic rings. The summed E-state index contributed by atoms with van der Waals surface area (Å²) < 4.78 is 5.96. The van der Waals surface area contributed by atoms with E-state index in [0.717, 1.165) is 22.5 Å². The molecule has 0 unspecified atom stereocenters. The Labute approximate surface area is 172 Å². The zero-order chi connectivity index (χ0) is 20.0. The van der Waals surface area contributed by atoms with Crippen molar-refractivity contribution in [2.24, 2.45) is 0 Å². The largest absolute Gasteiger partial charge is 0.454 e. The molecule has 0 radical (unpaired) electrons. The summed E-state index contributed by atoms with van der Waals surface area (Å²) in [6.07, 6.45) is 1.72. The molecule has 142 valence electrons. The summed E-state index contributed by atoms with van der Waals surface area (Å²) in [5.74, 6) is -0.276. The second-order valence-electron chi connectivity index (χ2n) is 6.74. The van der Waals surface area contributed by atoms with E-state index in [1.54, 1.807) is 24.4 Å². The highest BCUT2D eigenvalue weighted by Crippen LogP contribution is 2.43. The molecule has 1 amide bonds. The van der Waals surface area contributed by atoms with E-state index in [1.807, 2.05) is 44.1 Å². The van der Waals surface area contributed by atoms with Gasteiger partial charge in [-0.1, -0.05) is 23.2 Å². The normalized spacial score (nSPS) is 11.2. The number of amides is 1. The zero-order valence-electron chi connectivity index (χ0n) is 15.5. The van der Waals surface area contributed by atoms with Gasteiger partial charge in [-0.05, 0) is 42.8 Å². The maximum atomic E-state index is 13.1. The summed E-state index contributed by atoms with van der Waals surface area (Å²) in [6, 6.07) is 10.6. The van der Waals surface area contributed by atoms with Crippen molar-refractivity contribution in [2.45, 2.75) is 6.92 Å². The Hall–Kier alpha value is -2.76. The number of benzene rings is 2. The average molecular weight is 414 g/mol. The van der Waals surface area contributed by atoms with Crippen molar-refractivity contribution in [3.05, 3.63) is 63.9 Å². The van der Waals surface area contributed by atoms with Crippen LogP contribution in [0.3, 0.4) is 0 Å². The average Bonchev–Trinajstić information content (AvgIpc) is 3.23. The van der Waals surface area contributed by atoms with Gasteiger partial charge in [0.15, 0.2) is 5.58 Å². The summed E-state index contributed by atoms with van der Waals surface area (Å²) in [5, 5.41) is 3.69. The molecule has 0 aliphatic heterocycles. The van der Waals surface area contributed by atoms with E-state index in [-0.39, 0.29) is 5.91 Å². The lowest BCUT2D eigenvalue weighted by Crippen LogP contribution is -2.14. The molecule has 28 heavy (non-hydrogen) atoms. The van der Waals surface area contributed by atoms with E-state index >= 15 is 0 Å². The van der Waals surface area contributed by atoms with E-state index < -0.39 is 0 Å². The quantitative estimate of drug-likeness (QED) is 0.454. The number of hydrogen-bond donors (Lipinski definition) is 1. The minimum Gasteiger partial charge on any atom is -0.454 e. The smallest absolute Gasteiger partial charge is 0.260 e. The Morgan fingerprint density at radius 3 is 2.57 bits per heavy atom. The van der Waals surface area contributed by atoms with Gasteiger partial charge in [-0.15, -0.1) is 0 Å². The predicted octanol–water partition coefficient (Wildman–Crippen LogP) is 5.87. The van der Waals surface area contributed by atoms with Gasteiger partial charge in [-0.2, -0.15) is 0 Å². The number of halogens is 2. The lowest BCUT2D eigenvalue weighted by molar-refractivity contribution is 0.102. The number of pyridine rings is 1. The molecule has 0 saturated heterocycles. The van der Waals surface area contributed by atoms with Crippen LogP contribution in [0.5, 0.6) is 0 Å². The Morgan fingerprint density at radius 2 is 1.89 bits per heavy atom.